The Kier molecular flexibility index (Phi) is 6.38. The van der Waals surface area contributed by atoms with Gasteiger partial charge in [0.2, 0.25) is 0 Å². The van der Waals surface area contributed by atoms with Gasteiger partial charge in [-0.3, -0.25) is 0 Å². The van der Waals surface area contributed by atoms with Gasteiger partial charge in [-0.05, 0) is 12.8 Å². The maximum Gasteiger partial charge on any atom is 0.490 e. The van der Waals surface area contributed by atoms with Crippen LogP contribution in [0.2, 0.25) is 0 Å². The van der Waals surface area contributed by atoms with Crippen molar-refractivity contribution < 1.29 is 36.2 Å². The molecule has 1 spiro atoms. The molecule has 1 N–H and O–H groups in total. The van der Waals surface area contributed by atoms with Gasteiger partial charge in [0.25, 0.3) is 10.0 Å². The second kappa shape index (κ2) is 8.55. The van der Waals surface area contributed by atoms with E-state index in [2.05, 4.69) is 15.2 Å². The molecule has 0 aliphatic carbocycles. The molecule has 0 radical (unpaired) electrons. The predicted octanol–water partition coefficient (Wildman–Crippen LogP) is 0.830. The maximum absolute atomic E-state index is 12.8. The molecule has 2 saturated heterocycles. The van der Waals surface area contributed by atoms with Crippen molar-refractivity contribution in [3.63, 3.8) is 0 Å². The molecule has 2 aromatic heterocycles. The average Bonchev–Trinajstić information content (AvgIpc) is 3.43. The van der Waals surface area contributed by atoms with Crippen molar-refractivity contribution in [3.05, 3.63) is 25.2 Å². The third-order valence-electron chi connectivity index (χ3n) is 5.08. The van der Waals surface area contributed by atoms with Crippen molar-refractivity contribution in [1.29, 1.82) is 0 Å². The Labute approximate surface area is 175 Å². The van der Waals surface area contributed by atoms with E-state index in [0.29, 0.717) is 19.7 Å². The SMILES string of the molecule is Cn1cnc(S(=O)(=O)N2CCCC3(CC(n4cnnc4)CO3)C2)c1.O=C(O)C(F)(F)F. The number of sulfonamides is 1. The van der Waals surface area contributed by atoms with Gasteiger partial charge in [-0.2, -0.15) is 17.5 Å². The summed E-state index contributed by atoms with van der Waals surface area (Å²) in [5.74, 6) is -2.76. The fourth-order valence-electron chi connectivity index (χ4n) is 3.61. The highest BCUT2D eigenvalue weighted by Gasteiger charge is 2.47. The topological polar surface area (TPSA) is 132 Å². The maximum atomic E-state index is 12.8. The van der Waals surface area contributed by atoms with Gasteiger partial charge < -0.3 is 19.0 Å². The lowest BCUT2D eigenvalue weighted by molar-refractivity contribution is -0.192. The predicted molar refractivity (Wildman–Crippen MR) is 97.3 cm³/mol. The van der Waals surface area contributed by atoms with Crippen molar-refractivity contribution in [1.82, 2.24) is 28.6 Å². The number of alkyl halides is 3. The van der Waals surface area contributed by atoms with E-state index in [1.54, 1.807) is 24.3 Å². The first-order valence-electron chi connectivity index (χ1n) is 9.19. The van der Waals surface area contributed by atoms with Crippen LogP contribution in [0.5, 0.6) is 0 Å². The molecule has 0 saturated carbocycles. The summed E-state index contributed by atoms with van der Waals surface area (Å²) < 4.78 is 68.5. The number of carbonyl (C=O) groups is 1. The zero-order valence-electron chi connectivity index (χ0n) is 16.4. The van der Waals surface area contributed by atoms with Gasteiger partial charge in [-0.15, -0.1) is 10.2 Å². The summed E-state index contributed by atoms with van der Waals surface area (Å²) in [6.07, 6.45) is 3.71. The molecule has 2 atom stereocenters. The molecule has 2 aliphatic heterocycles. The van der Waals surface area contributed by atoms with Crippen molar-refractivity contribution in [2.75, 3.05) is 19.7 Å². The van der Waals surface area contributed by atoms with Crippen molar-refractivity contribution >= 4 is 16.0 Å². The van der Waals surface area contributed by atoms with Gasteiger partial charge in [0.15, 0.2) is 5.03 Å². The van der Waals surface area contributed by atoms with Gasteiger partial charge in [-0.1, -0.05) is 0 Å². The highest BCUT2D eigenvalue weighted by atomic mass is 32.2. The summed E-state index contributed by atoms with van der Waals surface area (Å²) in [6.45, 7) is 1.42. The fraction of sp³-hybridized carbons (Fsp3) is 0.625. The van der Waals surface area contributed by atoms with Gasteiger partial charge in [0.1, 0.15) is 12.7 Å². The number of ether oxygens (including phenoxy) is 1. The quantitative estimate of drug-likeness (QED) is 0.704. The third-order valence-corrected chi connectivity index (χ3v) is 6.81. The minimum Gasteiger partial charge on any atom is -0.475 e. The number of carboxylic acid groups (broad SMARTS) is 1. The molecule has 0 amide bonds. The smallest absolute Gasteiger partial charge is 0.475 e. The van der Waals surface area contributed by atoms with Crippen LogP contribution in [-0.2, 0) is 26.6 Å². The Morgan fingerprint density at radius 3 is 2.48 bits per heavy atom. The first-order valence-corrected chi connectivity index (χ1v) is 10.6. The molecule has 15 heteroatoms. The van der Waals surface area contributed by atoms with Crippen LogP contribution < -0.4 is 0 Å². The van der Waals surface area contributed by atoms with Crippen LogP contribution in [0, 0.1) is 0 Å². The zero-order chi connectivity index (χ0) is 22.9. The van der Waals surface area contributed by atoms with Gasteiger partial charge >= 0.3 is 12.1 Å². The lowest BCUT2D eigenvalue weighted by atomic mass is 9.90. The van der Waals surface area contributed by atoms with Crippen LogP contribution in [0.3, 0.4) is 0 Å². The van der Waals surface area contributed by atoms with Crippen LogP contribution >= 0.6 is 0 Å². The number of aryl methyl sites for hydroxylation is 1. The molecule has 172 valence electrons. The monoisotopic (exact) mass is 466 g/mol. The van der Waals surface area contributed by atoms with Crippen LogP contribution in [-0.4, -0.2) is 79.6 Å². The van der Waals surface area contributed by atoms with Crippen LogP contribution in [0.25, 0.3) is 0 Å². The number of nitrogens with zero attached hydrogens (tertiary/aromatic N) is 6. The van der Waals surface area contributed by atoms with Crippen LogP contribution in [0.15, 0.2) is 30.2 Å². The second-order valence-corrected chi connectivity index (χ2v) is 9.27. The Hall–Kier alpha value is -2.52. The Bertz CT molecular complexity index is 1010. The van der Waals surface area contributed by atoms with Crippen LogP contribution in [0.1, 0.15) is 25.3 Å². The highest BCUT2D eigenvalue weighted by Crippen LogP contribution is 2.40. The van der Waals surface area contributed by atoms with E-state index in [1.165, 1.54) is 16.8 Å². The Balaban J connectivity index is 0.000000339. The van der Waals surface area contributed by atoms with Crippen molar-refractivity contribution in [3.8, 4) is 0 Å². The van der Waals surface area contributed by atoms with E-state index < -0.39 is 27.8 Å². The summed E-state index contributed by atoms with van der Waals surface area (Å²) in [4.78, 5) is 12.9. The molecule has 2 aromatic rings. The highest BCUT2D eigenvalue weighted by molar-refractivity contribution is 7.89. The number of aromatic nitrogens is 5. The number of piperidine rings is 1. The van der Waals surface area contributed by atoms with Crippen LogP contribution in [0.4, 0.5) is 13.2 Å². The van der Waals surface area contributed by atoms with Gasteiger partial charge in [0, 0.05) is 32.8 Å². The first kappa shape index (κ1) is 23.1. The number of aliphatic carboxylic acids is 1. The molecular weight excluding hydrogens is 445 g/mol. The summed E-state index contributed by atoms with van der Waals surface area (Å²) in [7, 11) is -1.83. The molecule has 4 rings (SSSR count). The molecule has 2 unspecified atom stereocenters. The van der Waals surface area contributed by atoms with E-state index >= 15 is 0 Å². The molecule has 0 aromatic carbocycles. The molecule has 2 fully saturated rings. The standard InChI is InChI=1S/C14H20N6O3S.C2HF3O2/c1-18-6-13(15-9-18)24(21,22)20-4-2-3-14(8-20)5-12(7-23-14)19-10-16-17-11-19;3-2(4,5)1(6)7/h6,9-12H,2-5,7-8H2,1H3;(H,6,7). The zero-order valence-corrected chi connectivity index (χ0v) is 17.3. The first-order chi connectivity index (χ1) is 14.4. The molecule has 4 heterocycles. The number of carboxylic acids is 1. The largest absolute Gasteiger partial charge is 0.490 e. The number of hydrogen-bond donors (Lipinski definition) is 1. The lowest BCUT2D eigenvalue weighted by Gasteiger charge is -2.38. The number of imidazole rings is 1. The summed E-state index contributed by atoms with van der Waals surface area (Å²) in [5.41, 5.74) is -0.435. The molecule has 11 nitrogen and oxygen atoms in total. The molecular formula is C16H21F3N6O5S. The normalized spacial score (nSPS) is 24.7. The molecule has 0 bridgehead atoms. The molecule has 31 heavy (non-hydrogen) atoms. The number of halogens is 3. The van der Waals surface area contributed by atoms with Gasteiger partial charge in [-0.25, -0.2) is 18.2 Å². The van der Waals surface area contributed by atoms with Crippen molar-refractivity contribution in [2.24, 2.45) is 7.05 Å². The minimum atomic E-state index is -5.08. The van der Waals surface area contributed by atoms with E-state index in [-0.39, 0.29) is 11.1 Å². The summed E-state index contributed by atoms with van der Waals surface area (Å²) in [5, 5.41) is 14.9. The van der Waals surface area contributed by atoms with E-state index in [4.69, 9.17) is 14.6 Å². The summed E-state index contributed by atoms with van der Waals surface area (Å²) in [6, 6.07) is 0.150. The summed E-state index contributed by atoms with van der Waals surface area (Å²) >= 11 is 0. The fourth-order valence-corrected chi connectivity index (χ4v) is 5.13. The van der Waals surface area contributed by atoms with E-state index in [0.717, 1.165) is 19.3 Å². The average molecular weight is 466 g/mol. The Morgan fingerprint density at radius 1 is 1.29 bits per heavy atom. The second-order valence-electron chi connectivity index (χ2n) is 7.38. The van der Waals surface area contributed by atoms with Crippen molar-refractivity contribution in [2.45, 2.75) is 42.1 Å². The Morgan fingerprint density at radius 2 is 1.94 bits per heavy atom. The van der Waals surface area contributed by atoms with Gasteiger partial charge in [0.05, 0.1) is 24.6 Å². The van der Waals surface area contributed by atoms with E-state index in [1.807, 2.05) is 4.57 Å². The van der Waals surface area contributed by atoms with E-state index in [9.17, 15) is 21.6 Å². The lowest BCUT2D eigenvalue weighted by Crippen LogP contribution is -2.50. The third kappa shape index (κ3) is 5.22. The molecule has 2 aliphatic rings. The number of hydrogen-bond acceptors (Lipinski definition) is 7. The minimum absolute atomic E-state index is 0.0930. The number of rotatable bonds is 3.